The van der Waals surface area contributed by atoms with Gasteiger partial charge in [0.2, 0.25) is 0 Å². The second-order valence-electron chi connectivity index (χ2n) is 5.75. The zero-order chi connectivity index (χ0) is 14.8. The van der Waals surface area contributed by atoms with Crippen molar-refractivity contribution in [3.05, 3.63) is 34.9 Å². The molecule has 1 N–H and O–H groups in total. The van der Waals surface area contributed by atoms with Crippen molar-refractivity contribution < 1.29 is 4.74 Å². The van der Waals surface area contributed by atoms with Gasteiger partial charge in [-0.1, -0.05) is 43.2 Å². The van der Waals surface area contributed by atoms with E-state index in [4.69, 9.17) is 4.74 Å². The summed E-state index contributed by atoms with van der Waals surface area (Å²) in [5.74, 6) is 0. The third-order valence-corrected chi connectivity index (χ3v) is 3.41. The second kappa shape index (κ2) is 9.95. The molecule has 1 rings (SSSR count). The van der Waals surface area contributed by atoms with Crippen LogP contribution in [0, 0.1) is 13.8 Å². The van der Waals surface area contributed by atoms with Gasteiger partial charge in [-0.2, -0.15) is 0 Å². The number of hydrogen-bond acceptors (Lipinski definition) is 2. The Balaban J connectivity index is 2.53. The van der Waals surface area contributed by atoms with E-state index in [1.165, 1.54) is 23.1 Å². The lowest BCUT2D eigenvalue weighted by molar-refractivity contribution is 0.124. The first-order chi connectivity index (χ1) is 9.65. The van der Waals surface area contributed by atoms with Gasteiger partial charge < -0.3 is 10.1 Å². The summed E-state index contributed by atoms with van der Waals surface area (Å²) >= 11 is 0. The summed E-state index contributed by atoms with van der Waals surface area (Å²) in [4.78, 5) is 0. The van der Waals surface area contributed by atoms with E-state index in [1.807, 2.05) is 0 Å². The highest BCUT2D eigenvalue weighted by Crippen LogP contribution is 2.12. The third-order valence-electron chi connectivity index (χ3n) is 3.41. The topological polar surface area (TPSA) is 21.3 Å². The van der Waals surface area contributed by atoms with E-state index >= 15 is 0 Å². The van der Waals surface area contributed by atoms with E-state index in [9.17, 15) is 0 Å². The lowest BCUT2D eigenvalue weighted by atomic mass is 9.99. The molecular weight excluding hydrogens is 246 g/mol. The van der Waals surface area contributed by atoms with Crippen LogP contribution < -0.4 is 5.32 Å². The van der Waals surface area contributed by atoms with Gasteiger partial charge in [0.05, 0.1) is 0 Å². The maximum absolute atomic E-state index is 5.64. The van der Waals surface area contributed by atoms with Crippen LogP contribution in [0.15, 0.2) is 18.2 Å². The largest absolute Gasteiger partial charge is 0.381 e. The third kappa shape index (κ3) is 7.06. The van der Waals surface area contributed by atoms with E-state index in [1.54, 1.807) is 0 Å². The molecule has 2 nitrogen and oxygen atoms in total. The average molecular weight is 277 g/mol. The Hall–Kier alpha value is -0.860. The average Bonchev–Trinajstić information content (AvgIpc) is 2.39. The molecule has 1 atom stereocenters. The van der Waals surface area contributed by atoms with Crippen LogP contribution in [0.3, 0.4) is 0 Å². The van der Waals surface area contributed by atoms with Crippen molar-refractivity contribution in [1.29, 1.82) is 0 Å². The molecule has 0 aliphatic rings. The molecule has 0 bridgehead atoms. The fraction of sp³-hybridized carbons (Fsp3) is 0.667. The molecular formula is C18H31NO. The fourth-order valence-electron chi connectivity index (χ4n) is 2.57. The minimum Gasteiger partial charge on any atom is -0.381 e. The van der Waals surface area contributed by atoms with Crippen molar-refractivity contribution in [1.82, 2.24) is 5.32 Å². The van der Waals surface area contributed by atoms with Crippen molar-refractivity contribution >= 4 is 0 Å². The molecule has 1 unspecified atom stereocenters. The van der Waals surface area contributed by atoms with Gasteiger partial charge in [0.15, 0.2) is 0 Å². The number of benzene rings is 1. The van der Waals surface area contributed by atoms with Crippen LogP contribution in [0.1, 0.15) is 49.8 Å². The number of ether oxygens (including phenoxy) is 1. The molecule has 1 aromatic rings. The molecule has 0 saturated carbocycles. The highest BCUT2D eigenvalue weighted by molar-refractivity contribution is 5.29. The monoisotopic (exact) mass is 277 g/mol. The first-order valence-corrected chi connectivity index (χ1v) is 8.04. The minimum atomic E-state index is 0.521. The Morgan fingerprint density at radius 3 is 2.30 bits per heavy atom. The minimum absolute atomic E-state index is 0.521. The first kappa shape index (κ1) is 17.2. The quantitative estimate of drug-likeness (QED) is 0.652. The predicted octanol–water partition coefficient (Wildman–Crippen LogP) is 4.03. The molecule has 0 aliphatic heterocycles. The van der Waals surface area contributed by atoms with Crippen molar-refractivity contribution in [2.24, 2.45) is 0 Å². The highest BCUT2D eigenvalue weighted by atomic mass is 16.5. The molecule has 114 valence electrons. The Morgan fingerprint density at radius 2 is 1.70 bits per heavy atom. The molecule has 20 heavy (non-hydrogen) atoms. The lowest BCUT2D eigenvalue weighted by Crippen LogP contribution is -2.33. The summed E-state index contributed by atoms with van der Waals surface area (Å²) in [5.41, 5.74) is 4.15. The van der Waals surface area contributed by atoms with Crippen molar-refractivity contribution in [2.75, 3.05) is 19.8 Å². The summed E-state index contributed by atoms with van der Waals surface area (Å²) in [6.45, 7) is 11.6. The van der Waals surface area contributed by atoms with Gasteiger partial charge in [-0.3, -0.25) is 0 Å². The fourth-order valence-corrected chi connectivity index (χ4v) is 2.57. The number of hydrogen-bond donors (Lipinski definition) is 1. The van der Waals surface area contributed by atoms with Crippen LogP contribution >= 0.6 is 0 Å². The van der Waals surface area contributed by atoms with Crippen molar-refractivity contribution in [3.8, 4) is 0 Å². The summed E-state index contributed by atoms with van der Waals surface area (Å²) in [7, 11) is 0. The van der Waals surface area contributed by atoms with Crippen LogP contribution in [-0.4, -0.2) is 25.8 Å². The van der Waals surface area contributed by atoms with Gasteiger partial charge in [0.25, 0.3) is 0 Å². The molecule has 0 aromatic heterocycles. The molecule has 0 amide bonds. The van der Waals surface area contributed by atoms with Gasteiger partial charge in [0, 0.05) is 19.3 Å². The molecule has 2 heteroatoms. The normalized spacial score (nSPS) is 12.6. The first-order valence-electron chi connectivity index (χ1n) is 8.04. The van der Waals surface area contributed by atoms with E-state index < -0.39 is 0 Å². The molecule has 0 heterocycles. The van der Waals surface area contributed by atoms with Gasteiger partial charge in [0.1, 0.15) is 0 Å². The number of aryl methyl sites for hydroxylation is 2. The second-order valence-corrected chi connectivity index (χ2v) is 5.75. The smallest absolute Gasteiger partial charge is 0.0480 e. The van der Waals surface area contributed by atoms with Crippen LogP contribution in [0.2, 0.25) is 0 Å². The van der Waals surface area contributed by atoms with E-state index in [0.717, 1.165) is 39.0 Å². The summed E-state index contributed by atoms with van der Waals surface area (Å²) < 4.78 is 5.64. The molecule has 0 radical (unpaired) electrons. The molecule has 0 saturated heterocycles. The zero-order valence-electron chi connectivity index (χ0n) is 13.7. The standard InChI is InChI=1S/C18H31NO/c1-5-8-19-18(7-10-20-9-6-2)14-17-12-15(3)11-16(4)13-17/h11-13,18-19H,5-10,14H2,1-4H3. The van der Waals surface area contributed by atoms with E-state index in [0.29, 0.717) is 6.04 Å². The maximum atomic E-state index is 5.64. The Kier molecular flexibility index (Phi) is 8.56. The van der Waals surface area contributed by atoms with Crippen molar-refractivity contribution in [2.45, 2.75) is 59.4 Å². The predicted molar refractivity (Wildman–Crippen MR) is 87.4 cm³/mol. The van der Waals surface area contributed by atoms with Crippen LogP contribution in [-0.2, 0) is 11.2 Å². The van der Waals surface area contributed by atoms with E-state index in [2.05, 4.69) is 51.2 Å². The summed E-state index contributed by atoms with van der Waals surface area (Å²) in [6.07, 6.45) is 4.47. The number of nitrogens with one attached hydrogen (secondary N) is 1. The maximum Gasteiger partial charge on any atom is 0.0480 e. The zero-order valence-corrected chi connectivity index (χ0v) is 13.7. The molecule has 0 spiro atoms. The van der Waals surface area contributed by atoms with Crippen molar-refractivity contribution in [3.63, 3.8) is 0 Å². The van der Waals surface area contributed by atoms with Gasteiger partial charge in [-0.15, -0.1) is 0 Å². The van der Waals surface area contributed by atoms with Gasteiger partial charge in [-0.25, -0.2) is 0 Å². The molecule has 0 fully saturated rings. The molecule has 0 aliphatic carbocycles. The SMILES string of the molecule is CCCNC(CCOCCC)Cc1cc(C)cc(C)c1. The Bertz CT molecular complexity index is 355. The highest BCUT2D eigenvalue weighted by Gasteiger charge is 2.09. The van der Waals surface area contributed by atoms with E-state index in [-0.39, 0.29) is 0 Å². The van der Waals surface area contributed by atoms with Gasteiger partial charge >= 0.3 is 0 Å². The van der Waals surface area contributed by atoms with Crippen LogP contribution in [0.5, 0.6) is 0 Å². The lowest BCUT2D eigenvalue weighted by Gasteiger charge is -2.19. The number of rotatable bonds is 10. The Labute approximate surface area is 124 Å². The molecule has 1 aromatic carbocycles. The Morgan fingerprint density at radius 1 is 1.00 bits per heavy atom. The summed E-state index contributed by atoms with van der Waals surface area (Å²) in [5, 5.41) is 3.65. The van der Waals surface area contributed by atoms with Crippen LogP contribution in [0.4, 0.5) is 0 Å². The summed E-state index contributed by atoms with van der Waals surface area (Å²) in [6, 6.07) is 7.37. The van der Waals surface area contributed by atoms with Gasteiger partial charge in [-0.05, 0) is 51.6 Å². The van der Waals surface area contributed by atoms with Crippen LogP contribution in [0.25, 0.3) is 0 Å².